The second-order valence-corrected chi connectivity index (χ2v) is 6.66. The van der Waals surface area contributed by atoms with Gasteiger partial charge < -0.3 is 4.74 Å². The zero-order chi connectivity index (χ0) is 15.4. The number of aromatic nitrogens is 1. The summed E-state index contributed by atoms with van der Waals surface area (Å²) in [4.78, 5) is 0.360. The summed E-state index contributed by atoms with van der Waals surface area (Å²) in [5.74, 6) is 0.574. The van der Waals surface area contributed by atoms with Crippen molar-refractivity contribution >= 4 is 35.0 Å². The van der Waals surface area contributed by atoms with Crippen molar-refractivity contribution in [3.05, 3.63) is 36.0 Å². The third-order valence-electron chi connectivity index (χ3n) is 2.70. The molecule has 7 heteroatoms. The van der Waals surface area contributed by atoms with Gasteiger partial charge in [-0.2, -0.15) is 10.1 Å². The summed E-state index contributed by atoms with van der Waals surface area (Å²) in [5, 5.41) is 9.40. The average molecular weight is 345 g/mol. The molecule has 0 saturated carbocycles. The van der Waals surface area contributed by atoms with E-state index < -0.39 is 4.17 Å². The predicted molar refractivity (Wildman–Crippen MR) is 83.6 cm³/mol. The molecule has 3 nitrogen and oxygen atoms in total. The van der Waals surface area contributed by atoms with Crippen LogP contribution in [-0.2, 0) is 0 Å². The second-order valence-electron chi connectivity index (χ2n) is 3.95. The molecule has 2 aromatic rings. The first kappa shape index (κ1) is 16.0. The first-order chi connectivity index (χ1) is 10.1. The van der Waals surface area contributed by atoms with Gasteiger partial charge in [0.1, 0.15) is 16.8 Å². The minimum Gasteiger partial charge on any atom is -0.493 e. The summed E-state index contributed by atoms with van der Waals surface area (Å²) < 4.78 is 18.7. The van der Waals surface area contributed by atoms with Gasteiger partial charge in [-0.15, -0.1) is 0 Å². The summed E-state index contributed by atoms with van der Waals surface area (Å²) in [6, 6.07) is 9.12. The van der Waals surface area contributed by atoms with Crippen LogP contribution < -0.4 is 4.74 Å². The highest BCUT2D eigenvalue weighted by Crippen LogP contribution is 2.43. The number of nitriles is 1. The number of thioether (sulfide) groups is 1. The molecule has 0 atom stereocenters. The van der Waals surface area contributed by atoms with Crippen molar-refractivity contribution in [2.45, 2.75) is 16.1 Å². The molecule has 0 N–H and O–H groups in total. The standard InChI is InChI=1S/C14H11Cl2FN2OS/c1-2-20-11-6-4-3-5-10(11)12-9(7-18)8-19(17)13(12)21-14(15)16/h3-6,8,14H,2H2,1H3. The van der Waals surface area contributed by atoms with Crippen molar-refractivity contribution < 1.29 is 9.22 Å². The van der Waals surface area contributed by atoms with Crippen LogP contribution in [0.5, 0.6) is 5.75 Å². The molecule has 21 heavy (non-hydrogen) atoms. The number of nitrogens with zero attached hydrogens (tertiary/aromatic N) is 2. The lowest BCUT2D eigenvalue weighted by Gasteiger charge is -2.11. The van der Waals surface area contributed by atoms with Gasteiger partial charge in [-0.1, -0.05) is 57.6 Å². The minimum atomic E-state index is -0.848. The molecule has 0 aliphatic carbocycles. The van der Waals surface area contributed by atoms with Gasteiger partial charge in [-0.3, -0.25) is 0 Å². The average Bonchev–Trinajstić information content (AvgIpc) is 2.76. The van der Waals surface area contributed by atoms with Crippen molar-refractivity contribution in [3.8, 4) is 22.9 Å². The minimum absolute atomic E-state index is 0.175. The number of ether oxygens (including phenoxy) is 1. The summed E-state index contributed by atoms with van der Waals surface area (Å²) in [5.41, 5.74) is 1.25. The fourth-order valence-corrected chi connectivity index (χ4v) is 3.12. The first-order valence-electron chi connectivity index (χ1n) is 6.07. The van der Waals surface area contributed by atoms with E-state index in [0.29, 0.717) is 28.3 Å². The molecular formula is C14H11Cl2FN2OS. The van der Waals surface area contributed by atoms with E-state index in [1.165, 1.54) is 0 Å². The van der Waals surface area contributed by atoms with E-state index in [9.17, 15) is 9.74 Å². The molecule has 1 aromatic heterocycles. The fraction of sp³-hybridized carbons (Fsp3) is 0.214. The molecule has 0 saturated heterocycles. The van der Waals surface area contributed by atoms with Crippen LogP contribution >= 0.6 is 35.0 Å². The van der Waals surface area contributed by atoms with Gasteiger partial charge in [0, 0.05) is 11.1 Å². The fourth-order valence-electron chi connectivity index (χ4n) is 1.95. The van der Waals surface area contributed by atoms with E-state index >= 15 is 0 Å². The Labute approximate surface area is 136 Å². The van der Waals surface area contributed by atoms with Crippen LogP contribution in [0.25, 0.3) is 11.1 Å². The maximum Gasteiger partial charge on any atom is 0.158 e. The number of hydrogen-bond acceptors (Lipinski definition) is 3. The quantitative estimate of drug-likeness (QED) is 0.565. The van der Waals surface area contributed by atoms with Crippen LogP contribution in [0.3, 0.4) is 0 Å². The Bertz CT molecular complexity index is 682. The number of alkyl halides is 2. The van der Waals surface area contributed by atoms with Gasteiger partial charge >= 0.3 is 0 Å². The van der Waals surface area contributed by atoms with Crippen LogP contribution in [0.1, 0.15) is 12.5 Å². The van der Waals surface area contributed by atoms with Gasteiger partial charge in [0.05, 0.1) is 18.4 Å². The van der Waals surface area contributed by atoms with Gasteiger partial charge in [-0.25, -0.2) is 0 Å². The van der Waals surface area contributed by atoms with E-state index in [0.717, 1.165) is 18.0 Å². The topological polar surface area (TPSA) is 37.9 Å². The third kappa shape index (κ3) is 3.46. The molecule has 0 radical (unpaired) electrons. The largest absolute Gasteiger partial charge is 0.493 e. The Hall–Kier alpha value is -1.35. The Morgan fingerprint density at radius 3 is 2.76 bits per heavy atom. The van der Waals surface area contributed by atoms with E-state index in [4.69, 9.17) is 27.9 Å². The van der Waals surface area contributed by atoms with Gasteiger partial charge in [0.15, 0.2) is 4.17 Å². The van der Waals surface area contributed by atoms with Gasteiger partial charge in [0.25, 0.3) is 0 Å². The number of benzene rings is 1. The van der Waals surface area contributed by atoms with E-state index in [2.05, 4.69) is 0 Å². The van der Waals surface area contributed by atoms with E-state index in [1.807, 2.05) is 19.1 Å². The Morgan fingerprint density at radius 1 is 1.43 bits per heavy atom. The predicted octanol–water partition coefficient (Wildman–Crippen LogP) is 5.01. The van der Waals surface area contributed by atoms with Crippen molar-refractivity contribution in [3.63, 3.8) is 0 Å². The molecule has 0 unspecified atom stereocenters. The van der Waals surface area contributed by atoms with Crippen molar-refractivity contribution in [2.75, 3.05) is 6.61 Å². The SMILES string of the molecule is CCOc1ccccc1-c1c(C#N)cn(F)c1SC(Cl)Cl. The highest BCUT2D eigenvalue weighted by atomic mass is 35.5. The zero-order valence-electron chi connectivity index (χ0n) is 11.0. The molecule has 1 aromatic carbocycles. The Balaban J connectivity index is 2.65. The van der Waals surface area contributed by atoms with Crippen molar-refractivity contribution in [2.24, 2.45) is 0 Å². The molecule has 0 aliphatic rings. The van der Waals surface area contributed by atoms with E-state index in [1.54, 1.807) is 18.2 Å². The highest BCUT2D eigenvalue weighted by molar-refractivity contribution is 8.02. The summed E-state index contributed by atoms with van der Waals surface area (Å²) in [7, 11) is 0. The maximum absolute atomic E-state index is 14.0. The molecule has 2 rings (SSSR count). The molecule has 110 valence electrons. The molecule has 0 spiro atoms. The zero-order valence-corrected chi connectivity index (χ0v) is 13.3. The van der Waals surface area contributed by atoms with Crippen molar-refractivity contribution in [1.29, 1.82) is 5.26 Å². The molecular weight excluding hydrogens is 334 g/mol. The molecule has 0 fully saturated rings. The molecule has 0 aliphatic heterocycles. The third-order valence-corrected chi connectivity index (χ3v) is 4.01. The highest BCUT2D eigenvalue weighted by Gasteiger charge is 2.22. The lowest BCUT2D eigenvalue weighted by molar-refractivity contribution is 0.336. The van der Waals surface area contributed by atoms with Crippen LogP contribution in [0.4, 0.5) is 4.48 Å². The van der Waals surface area contributed by atoms with Crippen LogP contribution in [0, 0.1) is 11.3 Å². The lowest BCUT2D eigenvalue weighted by Crippen LogP contribution is -1.95. The van der Waals surface area contributed by atoms with Crippen LogP contribution in [0.15, 0.2) is 35.5 Å². The Kier molecular flexibility index (Phi) is 5.40. The number of rotatable bonds is 5. The number of para-hydroxylation sites is 1. The Morgan fingerprint density at radius 2 is 2.14 bits per heavy atom. The van der Waals surface area contributed by atoms with Gasteiger partial charge in [-0.05, 0) is 13.0 Å². The molecule has 0 bridgehead atoms. The smallest absolute Gasteiger partial charge is 0.158 e. The summed E-state index contributed by atoms with van der Waals surface area (Å²) in [6.07, 6.45) is 1.11. The summed E-state index contributed by atoms with van der Waals surface area (Å²) >= 11 is 12.4. The first-order valence-corrected chi connectivity index (χ1v) is 7.82. The number of halogens is 3. The monoisotopic (exact) mass is 344 g/mol. The van der Waals surface area contributed by atoms with Crippen LogP contribution in [-0.4, -0.2) is 15.6 Å². The van der Waals surface area contributed by atoms with E-state index in [-0.39, 0.29) is 10.6 Å². The number of hydrogen-bond donors (Lipinski definition) is 0. The van der Waals surface area contributed by atoms with Crippen molar-refractivity contribution in [1.82, 2.24) is 4.79 Å². The lowest BCUT2D eigenvalue weighted by atomic mass is 10.0. The van der Waals surface area contributed by atoms with Gasteiger partial charge in [0.2, 0.25) is 0 Å². The summed E-state index contributed by atoms with van der Waals surface area (Å²) in [6.45, 7) is 2.32. The maximum atomic E-state index is 14.0. The second kappa shape index (κ2) is 7.08. The molecule has 0 amide bonds. The molecule has 1 heterocycles. The normalized spacial score (nSPS) is 10.7. The van der Waals surface area contributed by atoms with Crippen LogP contribution in [0.2, 0.25) is 0 Å².